The lowest BCUT2D eigenvalue weighted by atomic mass is 9.99. The zero-order valence-electron chi connectivity index (χ0n) is 19.9. The summed E-state index contributed by atoms with van der Waals surface area (Å²) in [5.74, 6) is -1.54. The molecule has 1 saturated heterocycles. The van der Waals surface area contributed by atoms with Crippen molar-refractivity contribution in [1.82, 2.24) is 0 Å². The monoisotopic (exact) mass is 522 g/mol. The van der Waals surface area contributed by atoms with Crippen LogP contribution in [0, 0.1) is 0 Å². The van der Waals surface area contributed by atoms with Crippen LogP contribution in [0.3, 0.4) is 0 Å². The predicted octanol–water partition coefficient (Wildman–Crippen LogP) is 0.0757. The summed E-state index contributed by atoms with van der Waals surface area (Å²) in [5.41, 5.74) is -0.541. The number of aromatic hydroxyl groups is 2. The summed E-state index contributed by atoms with van der Waals surface area (Å²) in [7, 11) is 3.78. The Labute approximate surface area is 209 Å². The minimum Gasteiger partial charge on any atom is -0.504 e. The van der Waals surface area contributed by atoms with Crippen molar-refractivity contribution in [3.8, 4) is 45.8 Å². The van der Waals surface area contributed by atoms with Gasteiger partial charge in [0, 0.05) is 11.6 Å². The summed E-state index contributed by atoms with van der Waals surface area (Å²) in [6.45, 7) is -0.623. The van der Waals surface area contributed by atoms with Gasteiger partial charge >= 0.3 is 0 Å². The number of fused-ring (bicyclic) bond motifs is 1. The topological polar surface area (TPSA) is 198 Å². The maximum Gasteiger partial charge on any atom is 0.229 e. The Kier molecular flexibility index (Phi) is 7.34. The zero-order chi connectivity index (χ0) is 27.0. The Bertz CT molecular complexity index is 1350. The van der Waals surface area contributed by atoms with Gasteiger partial charge in [-0.15, -0.1) is 0 Å². The Balaban J connectivity index is 1.74. The first-order valence-electron chi connectivity index (χ1n) is 11.0. The fourth-order valence-corrected chi connectivity index (χ4v) is 4.05. The highest BCUT2D eigenvalue weighted by Gasteiger charge is 2.45. The lowest BCUT2D eigenvalue weighted by Crippen LogP contribution is -2.60. The molecule has 0 amide bonds. The van der Waals surface area contributed by atoms with E-state index in [-0.39, 0.29) is 39.7 Å². The SMILES string of the molecule is COc1cc(-c2cc(=O)c3c(O)c(OC)c(O)c(OC)c3o2)ccc1O[C@@H]1O[C@H](CO)[C@@H](O)[C@H](O)[C@H]1O. The molecule has 200 valence electrons. The highest BCUT2D eigenvalue weighted by atomic mass is 16.7. The van der Waals surface area contributed by atoms with Crippen molar-refractivity contribution in [1.29, 1.82) is 0 Å². The van der Waals surface area contributed by atoms with Crippen molar-refractivity contribution in [2.24, 2.45) is 0 Å². The fraction of sp³-hybridized carbons (Fsp3) is 0.375. The number of aliphatic hydroxyl groups is 4. The maximum atomic E-state index is 12.9. The summed E-state index contributed by atoms with van der Waals surface area (Å²) >= 11 is 0. The fourth-order valence-electron chi connectivity index (χ4n) is 4.05. The van der Waals surface area contributed by atoms with E-state index in [0.717, 1.165) is 6.07 Å². The van der Waals surface area contributed by atoms with Gasteiger partial charge in [0.25, 0.3) is 0 Å². The van der Waals surface area contributed by atoms with Crippen molar-refractivity contribution in [3.05, 3.63) is 34.5 Å². The molecule has 1 aliphatic heterocycles. The summed E-state index contributed by atoms with van der Waals surface area (Å²) in [5, 5.41) is 60.1. The second-order valence-electron chi connectivity index (χ2n) is 8.12. The molecule has 2 heterocycles. The van der Waals surface area contributed by atoms with Crippen LogP contribution in [0.25, 0.3) is 22.3 Å². The van der Waals surface area contributed by atoms with Crippen LogP contribution in [0.5, 0.6) is 34.5 Å². The molecule has 6 N–H and O–H groups in total. The van der Waals surface area contributed by atoms with Crippen LogP contribution in [0.1, 0.15) is 0 Å². The smallest absolute Gasteiger partial charge is 0.229 e. The van der Waals surface area contributed by atoms with E-state index in [2.05, 4.69) is 0 Å². The molecule has 2 aromatic carbocycles. The lowest BCUT2D eigenvalue weighted by Gasteiger charge is -2.39. The number of hydrogen-bond acceptors (Lipinski definition) is 13. The first-order chi connectivity index (χ1) is 17.7. The maximum absolute atomic E-state index is 12.9. The third-order valence-electron chi connectivity index (χ3n) is 5.98. The Morgan fingerprint density at radius 1 is 0.865 bits per heavy atom. The third kappa shape index (κ3) is 4.47. The highest BCUT2D eigenvalue weighted by molar-refractivity contribution is 5.95. The van der Waals surface area contributed by atoms with E-state index < -0.39 is 54.2 Å². The molecule has 0 radical (unpaired) electrons. The van der Waals surface area contributed by atoms with Crippen LogP contribution in [-0.2, 0) is 4.74 Å². The van der Waals surface area contributed by atoms with Crippen LogP contribution in [0.4, 0.5) is 0 Å². The van der Waals surface area contributed by atoms with Gasteiger partial charge in [-0.25, -0.2) is 0 Å². The average Bonchev–Trinajstić information content (AvgIpc) is 2.89. The summed E-state index contributed by atoms with van der Waals surface area (Å²) in [4.78, 5) is 12.9. The number of benzene rings is 2. The molecule has 4 rings (SSSR count). The lowest BCUT2D eigenvalue weighted by molar-refractivity contribution is -0.277. The molecule has 0 unspecified atom stereocenters. The van der Waals surface area contributed by atoms with Gasteiger partial charge in [0.1, 0.15) is 35.6 Å². The number of rotatable bonds is 7. The molecule has 0 saturated carbocycles. The molecular weight excluding hydrogens is 496 g/mol. The van der Waals surface area contributed by atoms with E-state index in [1.807, 2.05) is 0 Å². The van der Waals surface area contributed by atoms with Crippen LogP contribution < -0.4 is 24.4 Å². The average molecular weight is 522 g/mol. The molecule has 0 bridgehead atoms. The van der Waals surface area contributed by atoms with Crippen LogP contribution >= 0.6 is 0 Å². The van der Waals surface area contributed by atoms with Gasteiger partial charge in [0.15, 0.2) is 28.3 Å². The summed E-state index contributed by atoms with van der Waals surface area (Å²) in [6, 6.07) is 5.46. The molecule has 1 aliphatic rings. The zero-order valence-corrected chi connectivity index (χ0v) is 19.9. The number of phenolic OH excluding ortho intramolecular Hbond substituents is 2. The van der Waals surface area contributed by atoms with Crippen molar-refractivity contribution >= 4 is 11.0 Å². The largest absolute Gasteiger partial charge is 0.504 e. The van der Waals surface area contributed by atoms with Crippen LogP contribution in [0.15, 0.2) is 33.5 Å². The number of methoxy groups -OCH3 is 3. The van der Waals surface area contributed by atoms with Gasteiger partial charge in [-0.3, -0.25) is 4.79 Å². The van der Waals surface area contributed by atoms with Crippen molar-refractivity contribution in [2.75, 3.05) is 27.9 Å². The van der Waals surface area contributed by atoms with E-state index in [1.165, 1.54) is 39.5 Å². The number of ether oxygens (including phenoxy) is 5. The van der Waals surface area contributed by atoms with Gasteiger partial charge in [-0.05, 0) is 18.2 Å². The van der Waals surface area contributed by atoms with Crippen molar-refractivity contribution in [3.63, 3.8) is 0 Å². The minimum absolute atomic E-state index is 0.0254. The van der Waals surface area contributed by atoms with Gasteiger partial charge in [0.05, 0.1) is 27.9 Å². The van der Waals surface area contributed by atoms with E-state index >= 15 is 0 Å². The summed E-state index contributed by atoms with van der Waals surface area (Å²) < 4.78 is 32.3. The Morgan fingerprint density at radius 2 is 1.57 bits per heavy atom. The molecule has 1 aromatic heterocycles. The standard InChI is InChI=1S/C24H26O13/c1-32-13-6-9(4-5-11(13)36-24-19(30)18(29)16(27)14(8-25)37-24)12-7-10(26)15-17(28)22(33-2)20(31)23(34-3)21(15)35-12/h4-7,14,16,18-19,24-25,27-31H,8H2,1-3H3/t14-,16-,18+,19-,24-/m1/s1. The molecule has 3 aromatic rings. The normalized spacial score (nSPS) is 23.6. The first kappa shape index (κ1) is 26.3. The molecular formula is C24H26O13. The molecule has 1 fully saturated rings. The first-order valence-corrected chi connectivity index (χ1v) is 11.0. The van der Waals surface area contributed by atoms with Gasteiger partial charge in [-0.2, -0.15) is 0 Å². The second-order valence-corrected chi connectivity index (χ2v) is 8.12. The van der Waals surface area contributed by atoms with E-state index in [1.54, 1.807) is 0 Å². The number of hydrogen-bond donors (Lipinski definition) is 6. The highest BCUT2D eigenvalue weighted by Crippen LogP contribution is 2.49. The minimum atomic E-state index is -1.63. The van der Waals surface area contributed by atoms with E-state index in [0.29, 0.717) is 5.56 Å². The van der Waals surface area contributed by atoms with Gasteiger partial charge in [-0.1, -0.05) is 0 Å². The Morgan fingerprint density at radius 3 is 2.19 bits per heavy atom. The summed E-state index contributed by atoms with van der Waals surface area (Å²) in [6.07, 6.45) is -7.42. The van der Waals surface area contributed by atoms with Crippen LogP contribution in [0.2, 0.25) is 0 Å². The number of phenols is 2. The quantitative estimate of drug-likeness (QED) is 0.244. The molecule has 0 spiro atoms. The second kappa shape index (κ2) is 10.3. The van der Waals surface area contributed by atoms with Gasteiger partial charge in [0.2, 0.25) is 23.5 Å². The predicted molar refractivity (Wildman–Crippen MR) is 125 cm³/mol. The van der Waals surface area contributed by atoms with Crippen molar-refractivity contribution < 1.29 is 58.7 Å². The van der Waals surface area contributed by atoms with Crippen molar-refractivity contribution in [2.45, 2.75) is 30.7 Å². The molecule has 13 heteroatoms. The number of aliphatic hydroxyl groups excluding tert-OH is 4. The Hall–Kier alpha value is -3.75. The molecule has 0 aliphatic carbocycles. The van der Waals surface area contributed by atoms with Gasteiger partial charge < -0.3 is 58.7 Å². The van der Waals surface area contributed by atoms with Crippen LogP contribution in [-0.4, -0.2) is 89.3 Å². The van der Waals surface area contributed by atoms with E-state index in [9.17, 15) is 35.4 Å². The molecule has 5 atom stereocenters. The third-order valence-corrected chi connectivity index (χ3v) is 5.98. The molecule has 13 nitrogen and oxygen atoms in total. The van der Waals surface area contributed by atoms with E-state index in [4.69, 9.17) is 28.1 Å². The molecule has 37 heavy (non-hydrogen) atoms.